The van der Waals surface area contributed by atoms with Crippen molar-refractivity contribution >= 4 is 34.7 Å². The van der Waals surface area contributed by atoms with Crippen LogP contribution in [0.3, 0.4) is 0 Å². The highest BCUT2D eigenvalue weighted by molar-refractivity contribution is 7.99. The molecule has 1 amide bonds. The van der Waals surface area contributed by atoms with Crippen molar-refractivity contribution in [3.63, 3.8) is 0 Å². The number of carbonyl (C=O) groups excluding carboxylic acids is 1. The Labute approximate surface area is 165 Å². The number of nitrogens with zero attached hydrogens (tertiary/aromatic N) is 3. The van der Waals surface area contributed by atoms with E-state index in [9.17, 15) is 4.79 Å². The Kier molecular flexibility index (Phi) is 5.04. The van der Waals surface area contributed by atoms with Gasteiger partial charge in [0.2, 0.25) is 0 Å². The molecule has 2 heterocycles. The first-order valence-electron chi connectivity index (χ1n) is 8.27. The third kappa shape index (κ3) is 3.94. The molecule has 2 aromatic carbocycles. The van der Waals surface area contributed by atoms with Crippen LogP contribution in [0.15, 0.2) is 82.4 Å². The van der Waals surface area contributed by atoms with Crippen LogP contribution in [0.2, 0.25) is 0 Å². The van der Waals surface area contributed by atoms with Gasteiger partial charge in [-0.05, 0) is 23.9 Å². The number of benzene rings is 2. The molecule has 4 aromatic rings. The number of amides is 1. The number of hydrogen-bond donors (Lipinski definition) is 1. The van der Waals surface area contributed by atoms with Crippen molar-refractivity contribution in [2.24, 2.45) is 7.05 Å². The maximum Gasteiger partial charge on any atom is 0.275 e. The average molecular weight is 393 g/mol. The monoisotopic (exact) mass is 392 g/mol. The van der Waals surface area contributed by atoms with E-state index < -0.39 is 0 Å². The number of rotatable bonds is 5. The van der Waals surface area contributed by atoms with Crippen LogP contribution in [0.25, 0.3) is 10.6 Å². The summed E-state index contributed by atoms with van der Waals surface area (Å²) in [5.74, 6) is -0.221. The highest BCUT2D eigenvalue weighted by Crippen LogP contribution is 2.32. The van der Waals surface area contributed by atoms with E-state index in [-0.39, 0.29) is 5.91 Å². The number of hydrogen-bond acceptors (Lipinski definition) is 5. The molecular weight excluding hydrogens is 376 g/mol. The van der Waals surface area contributed by atoms with Gasteiger partial charge in [-0.1, -0.05) is 42.5 Å². The molecule has 27 heavy (non-hydrogen) atoms. The molecular formula is C20H16N4OS2. The summed E-state index contributed by atoms with van der Waals surface area (Å²) in [6.07, 6.45) is 3.65. The van der Waals surface area contributed by atoms with Crippen molar-refractivity contribution in [3.05, 3.63) is 78.1 Å². The van der Waals surface area contributed by atoms with Gasteiger partial charge in [0.25, 0.3) is 5.91 Å². The SMILES string of the molecule is Cn1ccnc1Sc1ccccc1NC(=O)c1csc(-c2ccccc2)n1. The minimum atomic E-state index is -0.221. The Bertz CT molecular complexity index is 1070. The summed E-state index contributed by atoms with van der Waals surface area (Å²) in [7, 11) is 1.94. The molecule has 0 aliphatic carbocycles. The maximum atomic E-state index is 12.7. The zero-order chi connectivity index (χ0) is 18.6. The maximum absolute atomic E-state index is 12.7. The van der Waals surface area contributed by atoms with Crippen molar-refractivity contribution in [3.8, 4) is 10.6 Å². The van der Waals surface area contributed by atoms with Crippen molar-refractivity contribution < 1.29 is 4.79 Å². The zero-order valence-electron chi connectivity index (χ0n) is 14.5. The fraction of sp³-hybridized carbons (Fsp3) is 0.0500. The topological polar surface area (TPSA) is 59.8 Å². The van der Waals surface area contributed by atoms with E-state index in [0.29, 0.717) is 5.69 Å². The second-order valence-electron chi connectivity index (χ2n) is 5.78. The van der Waals surface area contributed by atoms with E-state index in [0.717, 1.165) is 26.3 Å². The smallest absolute Gasteiger partial charge is 0.275 e. The molecule has 0 bridgehead atoms. The van der Waals surface area contributed by atoms with Gasteiger partial charge in [0, 0.05) is 35.3 Å². The van der Waals surface area contributed by atoms with Crippen molar-refractivity contribution in [1.82, 2.24) is 14.5 Å². The van der Waals surface area contributed by atoms with Gasteiger partial charge in [0.15, 0.2) is 5.16 Å². The van der Waals surface area contributed by atoms with Crippen molar-refractivity contribution in [1.29, 1.82) is 0 Å². The van der Waals surface area contributed by atoms with Crippen molar-refractivity contribution in [2.75, 3.05) is 5.32 Å². The quantitative estimate of drug-likeness (QED) is 0.522. The molecule has 0 aliphatic heterocycles. The summed E-state index contributed by atoms with van der Waals surface area (Å²) in [6, 6.07) is 17.5. The average Bonchev–Trinajstić information content (AvgIpc) is 3.34. The normalized spacial score (nSPS) is 10.7. The Morgan fingerprint density at radius 2 is 1.89 bits per heavy atom. The largest absolute Gasteiger partial charge is 0.329 e. The summed E-state index contributed by atoms with van der Waals surface area (Å²) in [5.41, 5.74) is 2.16. The van der Waals surface area contributed by atoms with Crippen LogP contribution < -0.4 is 5.32 Å². The molecule has 0 fully saturated rings. The minimum absolute atomic E-state index is 0.221. The second-order valence-corrected chi connectivity index (χ2v) is 7.64. The number of aromatic nitrogens is 3. The van der Waals surface area contributed by atoms with Gasteiger partial charge in [-0.2, -0.15) is 0 Å². The molecule has 134 valence electrons. The van der Waals surface area contributed by atoms with Crippen LogP contribution in [0.5, 0.6) is 0 Å². The lowest BCUT2D eigenvalue weighted by Crippen LogP contribution is -2.13. The number of para-hydroxylation sites is 1. The number of nitrogens with one attached hydrogen (secondary N) is 1. The number of aryl methyl sites for hydroxylation is 1. The Balaban J connectivity index is 1.54. The number of imidazole rings is 1. The zero-order valence-corrected chi connectivity index (χ0v) is 16.1. The molecule has 0 aliphatic rings. The van der Waals surface area contributed by atoms with Gasteiger partial charge in [-0.15, -0.1) is 11.3 Å². The molecule has 5 nitrogen and oxygen atoms in total. The van der Waals surface area contributed by atoms with E-state index in [1.807, 2.05) is 72.4 Å². The summed E-state index contributed by atoms with van der Waals surface area (Å²) in [5, 5.41) is 6.44. The standard InChI is InChI=1S/C20H16N4OS2/c1-24-12-11-21-20(24)27-17-10-6-5-9-15(17)22-18(25)16-13-26-19(23-16)14-7-3-2-4-8-14/h2-13H,1H3,(H,22,25). The van der Waals surface area contributed by atoms with E-state index in [1.54, 1.807) is 11.6 Å². The number of anilines is 1. The number of thiazole rings is 1. The molecule has 0 saturated carbocycles. The predicted molar refractivity (Wildman–Crippen MR) is 109 cm³/mol. The fourth-order valence-corrected chi connectivity index (χ4v) is 4.18. The molecule has 0 atom stereocenters. The molecule has 0 spiro atoms. The first-order chi connectivity index (χ1) is 13.2. The van der Waals surface area contributed by atoms with Crippen LogP contribution in [-0.4, -0.2) is 20.4 Å². The molecule has 1 N–H and O–H groups in total. The summed E-state index contributed by atoms with van der Waals surface area (Å²) in [6.45, 7) is 0. The number of carbonyl (C=O) groups is 1. The lowest BCUT2D eigenvalue weighted by Gasteiger charge is -2.09. The Morgan fingerprint density at radius 3 is 2.67 bits per heavy atom. The Hall–Kier alpha value is -2.90. The van der Waals surface area contributed by atoms with Crippen molar-refractivity contribution in [2.45, 2.75) is 10.1 Å². The lowest BCUT2D eigenvalue weighted by molar-refractivity contribution is 0.102. The van der Waals surface area contributed by atoms with E-state index in [4.69, 9.17) is 0 Å². The molecule has 4 rings (SSSR count). The minimum Gasteiger partial charge on any atom is -0.329 e. The van der Waals surface area contributed by atoms with Gasteiger partial charge >= 0.3 is 0 Å². The van der Waals surface area contributed by atoms with Crippen LogP contribution >= 0.6 is 23.1 Å². The molecule has 2 aromatic heterocycles. The molecule has 0 saturated heterocycles. The van der Waals surface area contributed by atoms with Crippen LogP contribution in [0.1, 0.15) is 10.5 Å². The van der Waals surface area contributed by atoms with Crippen LogP contribution in [0.4, 0.5) is 5.69 Å². The third-order valence-corrected chi connectivity index (χ3v) is 5.91. The molecule has 0 unspecified atom stereocenters. The first-order valence-corrected chi connectivity index (χ1v) is 9.97. The van der Waals surface area contributed by atoms with E-state index >= 15 is 0 Å². The molecule has 7 heteroatoms. The summed E-state index contributed by atoms with van der Waals surface area (Å²) < 4.78 is 1.94. The summed E-state index contributed by atoms with van der Waals surface area (Å²) in [4.78, 5) is 22.4. The van der Waals surface area contributed by atoms with Gasteiger partial charge < -0.3 is 9.88 Å². The van der Waals surface area contributed by atoms with E-state index in [2.05, 4.69) is 15.3 Å². The lowest BCUT2D eigenvalue weighted by atomic mass is 10.2. The summed E-state index contributed by atoms with van der Waals surface area (Å²) >= 11 is 2.97. The van der Waals surface area contributed by atoms with Crippen LogP contribution in [0, 0.1) is 0 Å². The highest BCUT2D eigenvalue weighted by Gasteiger charge is 2.15. The first kappa shape index (κ1) is 17.5. The van der Waals surface area contributed by atoms with Gasteiger partial charge in [-0.25, -0.2) is 9.97 Å². The third-order valence-electron chi connectivity index (χ3n) is 3.87. The Morgan fingerprint density at radius 1 is 1.11 bits per heavy atom. The second kappa shape index (κ2) is 7.77. The van der Waals surface area contributed by atoms with E-state index in [1.165, 1.54) is 23.1 Å². The fourth-order valence-electron chi connectivity index (χ4n) is 2.49. The van der Waals surface area contributed by atoms with Crippen LogP contribution in [-0.2, 0) is 7.05 Å². The van der Waals surface area contributed by atoms with Gasteiger partial charge in [-0.3, -0.25) is 4.79 Å². The predicted octanol–water partition coefficient (Wildman–Crippen LogP) is 4.95. The molecule has 0 radical (unpaired) electrons. The van der Waals surface area contributed by atoms with Gasteiger partial charge in [0.1, 0.15) is 10.7 Å². The highest BCUT2D eigenvalue weighted by atomic mass is 32.2. The van der Waals surface area contributed by atoms with Gasteiger partial charge in [0.05, 0.1) is 5.69 Å².